The molecule has 29 heavy (non-hydrogen) atoms. The zero-order valence-electron chi connectivity index (χ0n) is 15.4. The van der Waals surface area contributed by atoms with Crippen LogP contribution in [0.5, 0.6) is 0 Å². The summed E-state index contributed by atoms with van der Waals surface area (Å²) in [6.45, 7) is 0.537. The molecule has 3 aromatic heterocycles. The molecular weight excluding hydrogens is 384 g/mol. The van der Waals surface area contributed by atoms with Crippen LogP contribution in [0, 0.1) is 0 Å². The van der Waals surface area contributed by atoms with E-state index in [4.69, 9.17) is 16.0 Å². The van der Waals surface area contributed by atoms with E-state index in [1.807, 2.05) is 59.2 Å². The first-order chi connectivity index (χ1) is 14.3. The predicted octanol–water partition coefficient (Wildman–Crippen LogP) is 5.95. The number of anilines is 1. The minimum absolute atomic E-state index is 0.537. The number of rotatable bonds is 5. The number of hydrogen-bond acceptors (Lipinski definition) is 4. The third kappa shape index (κ3) is 3.37. The normalized spacial score (nSPS) is 11.1. The second-order valence-corrected chi connectivity index (χ2v) is 7.05. The maximum atomic E-state index is 6.24. The molecule has 3 heterocycles. The van der Waals surface area contributed by atoms with Crippen molar-refractivity contribution in [3.05, 3.63) is 96.3 Å². The highest BCUT2D eigenvalue weighted by atomic mass is 35.5. The zero-order chi connectivity index (χ0) is 19.6. The lowest BCUT2D eigenvalue weighted by Gasteiger charge is -2.08. The Morgan fingerprint density at radius 3 is 2.66 bits per heavy atom. The summed E-state index contributed by atoms with van der Waals surface area (Å²) >= 11 is 6.24. The second-order valence-electron chi connectivity index (χ2n) is 6.61. The fourth-order valence-corrected chi connectivity index (χ4v) is 3.62. The van der Waals surface area contributed by atoms with Crippen LogP contribution in [0.4, 0.5) is 5.82 Å². The summed E-state index contributed by atoms with van der Waals surface area (Å²) in [6, 6.07) is 21.8. The van der Waals surface area contributed by atoms with E-state index in [9.17, 15) is 0 Å². The molecule has 142 valence electrons. The van der Waals surface area contributed by atoms with Gasteiger partial charge in [0.1, 0.15) is 17.9 Å². The number of halogens is 1. The second kappa shape index (κ2) is 7.45. The van der Waals surface area contributed by atoms with Gasteiger partial charge in [-0.1, -0.05) is 48.0 Å². The minimum Gasteiger partial charge on any atom is -0.467 e. The van der Waals surface area contributed by atoms with Crippen LogP contribution in [0.25, 0.3) is 27.8 Å². The van der Waals surface area contributed by atoms with Gasteiger partial charge in [-0.15, -0.1) is 0 Å². The van der Waals surface area contributed by atoms with Gasteiger partial charge in [0.2, 0.25) is 0 Å². The highest BCUT2D eigenvalue weighted by molar-refractivity contribution is 6.30. The SMILES string of the molecule is Clc1cccc(-n2cc(-c3ccccc3)c3c(NCc4ccco4)ncnc32)c1. The van der Waals surface area contributed by atoms with E-state index in [-0.39, 0.29) is 0 Å². The summed E-state index contributed by atoms with van der Waals surface area (Å²) in [7, 11) is 0. The molecule has 0 saturated carbocycles. The molecule has 2 aromatic carbocycles. The van der Waals surface area contributed by atoms with E-state index in [1.54, 1.807) is 12.6 Å². The van der Waals surface area contributed by atoms with Crippen LogP contribution in [-0.2, 0) is 6.54 Å². The Bertz CT molecular complexity index is 1260. The molecule has 5 rings (SSSR count). The first kappa shape index (κ1) is 17.5. The van der Waals surface area contributed by atoms with Crippen molar-refractivity contribution in [1.29, 1.82) is 0 Å². The van der Waals surface area contributed by atoms with Gasteiger partial charge >= 0.3 is 0 Å². The molecule has 0 spiro atoms. The van der Waals surface area contributed by atoms with Gasteiger partial charge in [-0.25, -0.2) is 9.97 Å². The van der Waals surface area contributed by atoms with Gasteiger partial charge in [0, 0.05) is 22.5 Å². The van der Waals surface area contributed by atoms with E-state index < -0.39 is 0 Å². The molecule has 5 aromatic rings. The van der Waals surface area contributed by atoms with Crippen LogP contribution in [-0.4, -0.2) is 14.5 Å². The third-order valence-electron chi connectivity index (χ3n) is 4.76. The lowest BCUT2D eigenvalue weighted by molar-refractivity contribution is 0.518. The van der Waals surface area contributed by atoms with Crippen molar-refractivity contribution in [2.75, 3.05) is 5.32 Å². The molecule has 6 heteroatoms. The van der Waals surface area contributed by atoms with Crippen molar-refractivity contribution < 1.29 is 4.42 Å². The maximum Gasteiger partial charge on any atom is 0.150 e. The number of furan rings is 1. The summed E-state index contributed by atoms with van der Waals surface area (Å²) in [6.07, 6.45) is 5.32. The van der Waals surface area contributed by atoms with E-state index >= 15 is 0 Å². The Balaban J connectivity index is 1.70. The van der Waals surface area contributed by atoms with E-state index in [0.29, 0.717) is 11.6 Å². The molecule has 0 radical (unpaired) electrons. The number of aromatic nitrogens is 3. The lowest BCUT2D eigenvalue weighted by atomic mass is 10.1. The van der Waals surface area contributed by atoms with Gasteiger partial charge in [-0.3, -0.25) is 0 Å². The molecule has 1 N–H and O–H groups in total. The molecule has 0 aliphatic heterocycles. The summed E-state index contributed by atoms with van der Waals surface area (Å²) in [4.78, 5) is 9.10. The lowest BCUT2D eigenvalue weighted by Crippen LogP contribution is -2.02. The number of hydrogen-bond donors (Lipinski definition) is 1. The van der Waals surface area contributed by atoms with Gasteiger partial charge in [0.25, 0.3) is 0 Å². The van der Waals surface area contributed by atoms with E-state index in [1.165, 1.54) is 0 Å². The largest absolute Gasteiger partial charge is 0.467 e. The van der Waals surface area contributed by atoms with Crippen molar-refractivity contribution in [2.45, 2.75) is 6.54 Å². The van der Waals surface area contributed by atoms with Crippen LogP contribution in [0.15, 0.2) is 89.9 Å². The topological polar surface area (TPSA) is 55.9 Å². The molecule has 0 amide bonds. The zero-order valence-corrected chi connectivity index (χ0v) is 16.2. The fourth-order valence-electron chi connectivity index (χ4n) is 3.44. The maximum absolute atomic E-state index is 6.24. The highest BCUT2D eigenvalue weighted by Gasteiger charge is 2.17. The van der Waals surface area contributed by atoms with Crippen molar-refractivity contribution in [3.8, 4) is 16.8 Å². The Kier molecular flexibility index (Phi) is 4.50. The predicted molar refractivity (Wildman–Crippen MR) is 115 cm³/mol. The molecule has 0 bridgehead atoms. The minimum atomic E-state index is 0.537. The van der Waals surface area contributed by atoms with E-state index in [2.05, 4.69) is 33.6 Å². The molecule has 0 aliphatic carbocycles. The van der Waals surface area contributed by atoms with Crippen molar-refractivity contribution in [3.63, 3.8) is 0 Å². The standard InChI is InChI=1S/C23H17ClN4O/c24-17-8-4-9-18(12-17)28-14-20(16-6-2-1-3-7-16)21-22(26-15-27-23(21)28)25-13-19-10-5-11-29-19/h1-12,14-15H,13H2,(H,25,26,27). The van der Waals surface area contributed by atoms with Gasteiger partial charge in [-0.05, 0) is 35.9 Å². The summed E-state index contributed by atoms with van der Waals surface area (Å²) < 4.78 is 7.49. The molecule has 0 aliphatic rings. The van der Waals surface area contributed by atoms with Crippen molar-refractivity contribution in [2.24, 2.45) is 0 Å². The quantitative estimate of drug-likeness (QED) is 0.396. The Morgan fingerprint density at radius 2 is 1.86 bits per heavy atom. The van der Waals surface area contributed by atoms with Gasteiger partial charge in [0.15, 0.2) is 5.65 Å². The number of benzene rings is 2. The number of fused-ring (bicyclic) bond motifs is 1. The van der Waals surface area contributed by atoms with Gasteiger partial charge < -0.3 is 14.3 Å². The molecule has 5 nitrogen and oxygen atoms in total. The summed E-state index contributed by atoms with van der Waals surface area (Å²) in [5.74, 6) is 1.60. The number of nitrogens with one attached hydrogen (secondary N) is 1. The molecule has 0 unspecified atom stereocenters. The van der Waals surface area contributed by atoms with Gasteiger partial charge in [-0.2, -0.15) is 0 Å². The monoisotopic (exact) mass is 400 g/mol. The highest BCUT2D eigenvalue weighted by Crippen LogP contribution is 2.35. The van der Waals surface area contributed by atoms with E-state index in [0.717, 1.165) is 39.4 Å². The van der Waals surface area contributed by atoms with Crippen molar-refractivity contribution >= 4 is 28.5 Å². The van der Waals surface area contributed by atoms with Crippen LogP contribution in [0.2, 0.25) is 5.02 Å². The Labute approximate surface area is 172 Å². The van der Waals surface area contributed by atoms with Gasteiger partial charge in [0.05, 0.1) is 18.2 Å². The molecule has 0 saturated heterocycles. The summed E-state index contributed by atoms with van der Waals surface area (Å²) in [5.41, 5.74) is 3.89. The van der Waals surface area contributed by atoms with Crippen LogP contribution < -0.4 is 5.32 Å². The Morgan fingerprint density at radius 1 is 0.966 bits per heavy atom. The molecule has 0 atom stereocenters. The average molecular weight is 401 g/mol. The average Bonchev–Trinajstić information content (AvgIpc) is 3.41. The van der Waals surface area contributed by atoms with Crippen LogP contribution >= 0.6 is 11.6 Å². The fraction of sp³-hybridized carbons (Fsp3) is 0.0435. The first-order valence-electron chi connectivity index (χ1n) is 9.23. The third-order valence-corrected chi connectivity index (χ3v) is 5.00. The summed E-state index contributed by atoms with van der Waals surface area (Å²) in [5, 5.41) is 5.02. The smallest absolute Gasteiger partial charge is 0.150 e. The van der Waals surface area contributed by atoms with Crippen LogP contribution in [0.3, 0.4) is 0 Å². The van der Waals surface area contributed by atoms with Crippen molar-refractivity contribution in [1.82, 2.24) is 14.5 Å². The first-order valence-corrected chi connectivity index (χ1v) is 9.61. The molecule has 0 fully saturated rings. The molecular formula is C23H17ClN4O. The van der Waals surface area contributed by atoms with Crippen LogP contribution in [0.1, 0.15) is 5.76 Å². The Hall–Kier alpha value is -3.57. The number of nitrogens with zero attached hydrogens (tertiary/aromatic N) is 3.